The minimum atomic E-state index is -0.649. The van der Waals surface area contributed by atoms with Crippen molar-refractivity contribution in [1.29, 1.82) is 0 Å². The van der Waals surface area contributed by atoms with Gasteiger partial charge in [-0.05, 0) is 37.6 Å². The van der Waals surface area contributed by atoms with Crippen LogP contribution in [0.5, 0.6) is 5.75 Å². The second-order valence-corrected chi connectivity index (χ2v) is 7.17. The first-order valence-electron chi connectivity index (χ1n) is 9.78. The highest BCUT2D eigenvalue weighted by molar-refractivity contribution is 5.96. The Labute approximate surface area is 169 Å². The van der Waals surface area contributed by atoms with Crippen LogP contribution in [0, 0.1) is 0 Å². The zero-order valence-corrected chi connectivity index (χ0v) is 16.5. The molecule has 150 valence electrons. The van der Waals surface area contributed by atoms with Gasteiger partial charge >= 0.3 is 0 Å². The molecule has 0 saturated carbocycles. The minimum absolute atomic E-state index is 0.00661. The third kappa shape index (κ3) is 3.86. The van der Waals surface area contributed by atoms with Crippen molar-refractivity contribution in [3.63, 3.8) is 0 Å². The summed E-state index contributed by atoms with van der Waals surface area (Å²) in [4.78, 5) is 14.7. The first-order chi connectivity index (χ1) is 14.1. The average Bonchev–Trinajstić information content (AvgIpc) is 3.18. The van der Waals surface area contributed by atoms with Gasteiger partial charge in [-0.2, -0.15) is 0 Å². The maximum absolute atomic E-state index is 12.9. The fourth-order valence-electron chi connectivity index (χ4n) is 3.44. The summed E-state index contributed by atoms with van der Waals surface area (Å²) in [5, 5.41) is 17.6. The third-order valence-electron chi connectivity index (χ3n) is 5.09. The molecule has 7 heteroatoms. The van der Waals surface area contributed by atoms with E-state index in [1.807, 2.05) is 55.5 Å². The molecule has 1 aliphatic rings. The Hall–Kier alpha value is -3.19. The largest absolute Gasteiger partial charge is 0.493 e. The maximum atomic E-state index is 12.9. The van der Waals surface area contributed by atoms with Gasteiger partial charge in [0.15, 0.2) is 0 Å². The number of aliphatic hydroxyl groups is 1. The lowest BCUT2D eigenvalue weighted by Gasteiger charge is -2.39. The fourth-order valence-corrected chi connectivity index (χ4v) is 3.44. The van der Waals surface area contributed by atoms with Crippen LogP contribution in [0.2, 0.25) is 0 Å². The molecule has 0 aliphatic carbocycles. The third-order valence-corrected chi connectivity index (χ3v) is 5.09. The van der Waals surface area contributed by atoms with Crippen molar-refractivity contribution in [2.75, 3.05) is 19.7 Å². The van der Waals surface area contributed by atoms with E-state index in [0.29, 0.717) is 31.0 Å². The van der Waals surface area contributed by atoms with Crippen LogP contribution >= 0.6 is 0 Å². The van der Waals surface area contributed by atoms with E-state index in [1.54, 1.807) is 22.7 Å². The number of aromatic nitrogens is 3. The summed E-state index contributed by atoms with van der Waals surface area (Å²) in [6.45, 7) is 5.34. The second kappa shape index (κ2) is 8.05. The van der Waals surface area contributed by atoms with Crippen LogP contribution in [0.25, 0.3) is 11.1 Å². The molecule has 0 unspecified atom stereocenters. The zero-order chi connectivity index (χ0) is 20.4. The lowest BCUT2D eigenvalue weighted by atomic mass is 10.0. The standard InChI is InChI=1S/C22H24N4O3/c1-3-29-21-10-5-4-9-19(21)16-7-6-8-17(11-16)22(28)25-12-18(13-25)26-14-20(15(2)27)23-24-26/h4-11,14-15,18,27H,3,12-13H2,1-2H3/t15-/m1/s1. The number of nitrogens with zero attached hydrogens (tertiary/aromatic N) is 4. The summed E-state index contributed by atoms with van der Waals surface area (Å²) in [6, 6.07) is 15.6. The van der Waals surface area contributed by atoms with Crippen LogP contribution in [0.1, 0.15) is 42.0 Å². The van der Waals surface area contributed by atoms with E-state index in [4.69, 9.17) is 4.74 Å². The van der Waals surface area contributed by atoms with E-state index >= 15 is 0 Å². The monoisotopic (exact) mass is 392 g/mol. The molecule has 1 N–H and O–H groups in total. The molecule has 1 aromatic heterocycles. The second-order valence-electron chi connectivity index (χ2n) is 7.17. The first kappa shape index (κ1) is 19.1. The van der Waals surface area contributed by atoms with Gasteiger partial charge in [0.2, 0.25) is 0 Å². The summed E-state index contributed by atoms with van der Waals surface area (Å²) in [6.07, 6.45) is 1.09. The lowest BCUT2D eigenvalue weighted by molar-refractivity contribution is 0.0498. The number of likely N-dealkylation sites (tertiary alicyclic amines) is 1. The molecular formula is C22H24N4O3. The van der Waals surface area contributed by atoms with Gasteiger partial charge in [0.1, 0.15) is 11.4 Å². The Morgan fingerprint density at radius 2 is 2.03 bits per heavy atom. The van der Waals surface area contributed by atoms with E-state index in [0.717, 1.165) is 16.9 Å². The Bertz CT molecular complexity index is 1010. The predicted octanol–water partition coefficient (Wildman–Crippen LogP) is 3.09. The molecule has 1 saturated heterocycles. The lowest BCUT2D eigenvalue weighted by Crippen LogP contribution is -2.50. The number of carbonyl (C=O) groups is 1. The minimum Gasteiger partial charge on any atom is -0.493 e. The van der Waals surface area contributed by atoms with E-state index in [-0.39, 0.29) is 11.9 Å². The summed E-state index contributed by atoms with van der Waals surface area (Å²) < 4.78 is 7.45. The molecule has 0 bridgehead atoms. The Morgan fingerprint density at radius 3 is 2.76 bits per heavy atom. The van der Waals surface area contributed by atoms with Gasteiger partial charge in [0, 0.05) is 24.2 Å². The van der Waals surface area contributed by atoms with Crippen molar-refractivity contribution in [2.24, 2.45) is 0 Å². The van der Waals surface area contributed by atoms with Gasteiger partial charge in [-0.1, -0.05) is 35.5 Å². The Balaban J connectivity index is 1.47. The van der Waals surface area contributed by atoms with Crippen LogP contribution in [0.3, 0.4) is 0 Å². The number of benzene rings is 2. The molecule has 2 heterocycles. The molecule has 29 heavy (non-hydrogen) atoms. The number of rotatable bonds is 6. The summed E-state index contributed by atoms with van der Waals surface area (Å²) in [7, 11) is 0. The van der Waals surface area contributed by atoms with Crippen LogP contribution in [0.4, 0.5) is 0 Å². The predicted molar refractivity (Wildman–Crippen MR) is 109 cm³/mol. The number of hydrogen-bond acceptors (Lipinski definition) is 5. The van der Waals surface area contributed by atoms with Crippen LogP contribution in [-0.2, 0) is 0 Å². The van der Waals surface area contributed by atoms with Gasteiger partial charge in [-0.25, -0.2) is 4.68 Å². The average molecular weight is 392 g/mol. The number of carbonyl (C=O) groups excluding carboxylic acids is 1. The Kier molecular flexibility index (Phi) is 5.31. The van der Waals surface area contributed by atoms with E-state index < -0.39 is 6.10 Å². The highest BCUT2D eigenvalue weighted by atomic mass is 16.5. The SMILES string of the molecule is CCOc1ccccc1-c1cccc(C(=O)N2CC(n3cc([C@@H](C)O)nn3)C2)c1. The zero-order valence-electron chi connectivity index (χ0n) is 16.5. The molecule has 3 aromatic rings. The highest BCUT2D eigenvalue weighted by Crippen LogP contribution is 2.31. The first-order valence-corrected chi connectivity index (χ1v) is 9.78. The molecule has 1 amide bonds. The molecule has 0 radical (unpaired) electrons. The van der Waals surface area contributed by atoms with E-state index in [9.17, 15) is 9.90 Å². The maximum Gasteiger partial charge on any atom is 0.254 e. The van der Waals surface area contributed by atoms with Gasteiger partial charge in [0.25, 0.3) is 5.91 Å². The number of para-hydroxylation sites is 1. The van der Waals surface area contributed by atoms with Gasteiger partial charge < -0.3 is 14.7 Å². The van der Waals surface area contributed by atoms with Crippen LogP contribution in [-0.4, -0.2) is 50.6 Å². The molecular weight excluding hydrogens is 368 g/mol. The number of hydrogen-bond donors (Lipinski definition) is 1. The van der Waals surface area contributed by atoms with Crippen molar-refractivity contribution in [2.45, 2.75) is 26.0 Å². The number of amides is 1. The van der Waals surface area contributed by atoms with Gasteiger partial charge in [0.05, 0.1) is 24.9 Å². The van der Waals surface area contributed by atoms with E-state index in [2.05, 4.69) is 10.3 Å². The van der Waals surface area contributed by atoms with Gasteiger partial charge in [-0.3, -0.25) is 4.79 Å². The number of aliphatic hydroxyl groups excluding tert-OH is 1. The molecule has 7 nitrogen and oxygen atoms in total. The van der Waals surface area contributed by atoms with E-state index in [1.165, 1.54) is 0 Å². The van der Waals surface area contributed by atoms with Crippen molar-refractivity contribution in [3.8, 4) is 16.9 Å². The fraction of sp³-hybridized carbons (Fsp3) is 0.318. The summed E-state index contributed by atoms with van der Waals surface area (Å²) >= 11 is 0. The topological polar surface area (TPSA) is 80.5 Å². The molecule has 2 aromatic carbocycles. The smallest absolute Gasteiger partial charge is 0.254 e. The van der Waals surface area contributed by atoms with Crippen LogP contribution in [0.15, 0.2) is 54.7 Å². The summed E-state index contributed by atoms with van der Waals surface area (Å²) in [5.74, 6) is 0.802. The normalized spacial score (nSPS) is 15.1. The molecule has 1 fully saturated rings. The van der Waals surface area contributed by atoms with Crippen molar-refractivity contribution < 1.29 is 14.6 Å². The number of ether oxygens (including phenoxy) is 1. The van der Waals surface area contributed by atoms with Crippen molar-refractivity contribution in [1.82, 2.24) is 19.9 Å². The van der Waals surface area contributed by atoms with Crippen molar-refractivity contribution in [3.05, 3.63) is 66.0 Å². The quantitative estimate of drug-likeness (QED) is 0.697. The molecule has 1 atom stereocenters. The molecule has 4 rings (SSSR count). The van der Waals surface area contributed by atoms with Crippen molar-refractivity contribution >= 4 is 5.91 Å². The molecule has 0 spiro atoms. The Morgan fingerprint density at radius 1 is 1.24 bits per heavy atom. The molecule has 1 aliphatic heterocycles. The summed E-state index contributed by atoms with van der Waals surface area (Å²) in [5.41, 5.74) is 3.11. The highest BCUT2D eigenvalue weighted by Gasteiger charge is 2.33. The van der Waals surface area contributed by atoms with Gasteiger partial charge in [-0.15, -0.1) is 5.10 Å². The van der Waals surface area contributed by atoms with Crippen LogP contribution < -0.4 is 4.74 Å².